The number of benzene rings is 5. The summed E-state index contributed by atoms with van der Waals surface area (Å²) in [6.45, 7) is 2.40. The van der Waals surface area contributed by atoms with Gasteiger partial charge in [-0.25, -0.2) is 9.97 Å². The Morgan fingerprint density at radius 3 is 2.16 bits per heavy atom. The average Bonchev–Trinajstić information content (AvgIpc) is 3.80. The van der Waals surface area contributed by atoms with Gasteiger partial charge in [0.1, 0.15) is 17.3 Å². The molecule has 0 aliphatic carbocycles. The fourth-order valence-corrected chi connectivity index (χ4v) is 5.69. The number of rotatable bonds is 13. The van der Waals surface area contributed by atoms with Crippen LogP contribution < -0.4 is 10.1 Å². The predicted octanol–water partition coefficient (Wildman–Crippen LogP) is 8.68. The monoisotopic (exact) mass is 645 g/mol. The highest BCUT2D eigenvalue weighted by molar-refractivity contribution is 6.12. The summed E-state index contributed by atoms with van der Waals surface area (Å²) in [6, 6.07) is 44.4. The van der Waals surface area contributed by atoms with Crippen molar-refractivity contribution < 1.29 is 13.9 Å². The van der Waals surface area contributed by atoms with Crippen LogP contribution in [0, 0.1) is 6.92 Å². The van der Waals surface area contributed by atoms with Gasteiger partial charge in [0, 0.05) is 34.4 Å². The van der Waals surface area contributed by atoms with Gasteiger partial charge in [0.25, 0.3) is 0 Å². The number of hydrogen-bond donors (Lipinski definition) is 2. The standard InChI is InChI=1S/C41H35N5O3/c1-28-35(43-41(49-28)32-17-9-4-10-18-32)25-26-48-33-23-21-29(22-24-33)27-37(40-44-39(45-46-40)31-15-7-3-8-16-31)42-36-20-12-11-19-34(36)38(47)30-13-5-2-6-14-30/h2-24,37,42H,25-27H2,1H3,(H,44,45,46)/t37-/m0/s1. The maximum absolute atomic E-state index is 13.5. The maximum Gasteiger partial charge on any atom is 0.226 e. The van der Waals surface area contributed by atoms with Crippen LogP contribution in [0.2, 0.25) is 0 Å². The smallest absolute Gasteiger partial charge is 0.226 e. The van der Waals surface area contributed by atoms with Gasteiger partial charge in [-0.1, -0.05) is 103 Å². The van der Waals surface area contributed by atoms with Crippen molar-refractivity contribution in [2.24, 2.45) is 0 Å². The van der Waals surface area contributed by atoms with Gasteiger partial charge in [0.05, 0.1) is 18.3 Å². The molecule has 1 atom stereocenters. The summed E-state index contributed by atoms with van der Waals surface area (Å²) < 4.78 is 12.0. The molecular weight excluding hydrogens is 610 g/mol. The van der Waals surface area contributed by atoms with E-state index in [-0.39, 0.29) is 11.8 Å². The molecule has 0 aliphatic heterocycles. The molecule has 0 radical (unpaired) electrons. The van der Waals surface area contributed by atoms with Gasteiger partial charge in [-0.05, 0) is 55.3 Å². The number of hydrogen-bond acceptors (Lipinski definition) is 7. The van der Waals surface area contributed by atoms with Gasteiger partial charge in [0.2, 0.25) is 5.89 Å². The first-order valence-electron chi connectivity index (χ1n) is 16.3. The molecule has 0 amide bonds. The van der Waals surface area contributed by atoms with Crippen LogP contribution in [0.5, 0.6) is 5.75 Å². The summed E-state index contributed by atoms with van der Waals surface area (Å²) in [4.78, 5) is 23.1. The number of H-pyrrole nitrogens is 1. The molecule has 0 saturated carbocycles. The lowest BCUT2D eigenvalue weighted by Gasteiger charge is -2.20. The molecule has 0 aliphatic rings. The van der Waals surface area contributed by atoms with E-state index in [0.717, 1.165) is 39.6 Å². The Kier molecular flexibility index (Phi) is 9.36. The Morgan fingerprint density at radius 2 is 1.43 bits per heavy atom. The number of carbonyl (C=O) groups excluding carboxylic acids is 1. The molecule has 0 spiro atoms. The molecule has 2 N–H and O–H groups in total. The van der Waals surface area contributed by atoms with Crippen molar-refractivity contribution in [1.82, 2.24) is 20.2 Å². The van der Waals surface area contributed by atoms with E-state index in [4.69, 9.17) is 14.1 Å². The van der Waals surface area contributed by atoms with Crippen molar-refractivity contribution in [2.75, 3.05) is 11.9 Å². The van der Waals surface area contributed by atoms with Crippen LogP contribution in [0.3, 0.4) is 0 Å². The summed E-state index contributed by atoms with van der Waals surface area (Å²) in [6.07, 6.45) is 1.21. The first kappa shape index (κ1) is 31.3. The van der Waals surface area contributed by atoms with E-state index in [1.54, 1.807) is 0 Å². The molecule has 5 aromatic carbocycles. The minimum Gasteiger partial charge on any atom is -0.493 e. The maximum atomic E-state index is 13.5. The second-order valence-electron chi connectivity index (χ2n) is 11.7. The van der Waals surface area contributed by atoms with E-state index < -0.39 is 0 Å². The molecule has 0 unspecified atom stereocenters. The van der Waals surface area contributed by atoms with Crippen molar-refractivity contribution in [3.05, 3.63) is 173 Å². The second kappa shape index (κ2) is 14.6. The van der Waals surface area contributed by atoms with Crippen molar-refractivity contribution in [3.63, 3.8) is 0 Å². The number of aryl methyl sites for hydroxylation is 1. The van der Waals surface area contributed by atoms with E-state index in [9.17, 15) is 4.79 Å². The summed E-state index contributed by atoms with van der Waals surface area (Å²) in [7, 11) is 0. The molecule has 0 saturated heterocycles. The molecule has 0 fully saturated rings. The molecule has 0 bridgehead atoms. The van der Waals surface area contributed by atoms with Crippen molar-refractivity contribution >= 4 is 11.5 Å². The molecular formula is C41H35N5O3. The van der Waals surface area contributed by atoms with E-state index in [0.29, 0.717) is 48.1 Å². The largest absolute Gasteiger partial charge is 0.493 e. The molecule has 8 heteroatoms. The number of oxazole rings is 1. The zero-order chi connectivity index (χ0) is 33.4. The number of nitrogens with zero attached hydrogens (tertiary/aromatic N) is 3. The molecule has 7 aromatic rings. The van der Waals surface area contributed by atoms with Gasteiger partial charge >= 0.3 is 0 Å². The highest BCUT2D eigenvalue weighted by Crippen LogP contribution is 2.28. The zero-order valence-electron chi connectivity index (χ0n) is 27.0. The summed E-state index contributed by atoms with van der Waals surface area (Å²) in [5.41, 5.74) is 5.76. The number of ether oxygens (including phenoxy) is 1. The van der Waals surface area contributed by atoms with Crippen LogP contribution in [0.1, 0.15) is 44.8 Å². The van der Waals surface area contributed by atoms with Gasteiger partial charge < -0.3 is 14.5 Å². The third kappa shape index (κ3) is 7.49. The molecule has 2 heterocycles. The van der Waals surface area contributed by atoms with Crippen LogP contribution in [-0.2, 0) is 12.8 Å². The summed E-state index contributed by atoms with van der Waals surface area (Å²) in [5.74, 6) is 3.41. The Labute approximate surface area is 284 Å². The highest BCUT2D eigenvalue weighted by Gasteiger charge is 2.21. The number of aromatic amines is 1. The summed E-state index contributed by atoms with van der Waals surface area (Å²) >= 11 is 0. The second-order valence-corrected chi connectivity index (χ2v) is 11.7. The lowest BCUT2D eigenvalue weighted by Crippen LogP contribution is -2.18. The van der Waals surface area contributed by atoms with Crippen LogP contribution in [0.15, 0.2) is 144 Å². The quantitative estimate of drug-likeness (QED) is 0.121. The first-order chi connectivity index (χ1) is 24.1. The average molecular weight is 646 g/mol. The number of para-hydroxylation sites is 1. The Bertz CT molecular complexity index is 2130. The Morgan fingerprint density at radius 1 is 0.776 bits per heavy atom. The van der Waals surface area contributed by atoms with E-state index >= 15 is 0 Å². The lowest BCUT2D eigenvalue weighted by atomic mass is 10.00. The SMILES string of the molecule is Cc1oc(-c2ccccc2)nc1CCOc1ccc(C[C@H](Nc2ccccc2C(=O)c2ccccc2)c2nc(-c3ccccc3)n[nH]2)cc1. The van der Waals surface area contributed by atoms with Crippen LogP contribution in [0.25, 0.3) is 22.8 Å². The lowest BCUT2D eigenvalue weighted by molar-refractivity contribution is 0.103. The van der Waals surface area contributed by atoms with Crippen LogP contribution in [-0.4, -0.2) is 32.6 Å². The molecule has 7 rings (SSSR count). The van der Waals surface area contributed by atoms with Crippen molar-refractivity contribution in [1.29, 1.82) is 0 Å². The third-order valence-corrected chi connectivity index (χ3v) is 8.29. The van der Waals surface area contributed by atoms with Gasteiger partial charge in [-0.2, -0.15) is 5.10 Å². The number of carbonyl (C=O) groups is 1. The Balaban J connectivity index is 1.07. The topological polar surface area (TPSA) is 106 Å². The van der Waals surface area contributed by atoms with Gasteiger partial charge in [-0.15, -0.1) is 0 Å². The minimum atomic E-state index is -0.310. The number of nitrogens with one attached hydrogen (secondary N) is 2. The first-order valence-corrected chi connectivity index (χ1v) is 16.3. The third-order valence-electron chi connectivity index (χ3n) is 8.29. The fourth-order valence-electron chi connectivity index (χ4n) is 5.69. The minimum absolute atomic E-state index is 0.0522. The number of anilines is 1. The van der Waals surface area contributed by atoms with E-state index in [1.165, 1.54) is 0 Å². The molecule has 49 heavy (non-hydrogen) atoms. The predicted molar refractivity (Wildman–Crippen MR) is 191 cm³/mol. The van der Waals surface area contributed by atoms with Crippen LogP contribution >= 0.6 is 0 Å². The fraction of sp³-hybridized carbons (Fsp3) is 0.122. The van der Waals surface area contributed by atoms with Crippen LogP contribution in [0.4, 0.5) is 5.69 Å². The van der Waals surface area contributed by atoms with Crippen molar-refractivity contribution in [2.45, 2.75) is 25.8 Å². The zero-order valence-corrected chi connectivity index (χ0v) is 27.0. The highest BCUT2D eigenvalue weighted by atomic mass is 16.5. The van der Waals surface area contributed by atoms with Crippen molar-refractivity contribution in [3.8, 4) is 28.6 Å². The van der Waals surface area contributed by atoms with Gasteiger partial charge in [0.15, 0.2) is 11.6 Å². The van der Waals surface area contributed by atoms with E-state index in [2.05, 4.69) is 20.5 Å². The molecule has 8 nitrogen and oxygen atoms in total. The number of aromatic nitrogens is 4. The Hall–Kier alpha value is -6.28. The van der Waals surface area contributed by atoms with Gasteiger partial charge in [-0.3, -0.25) is 9.89 Å². The normalized spacial score (nSPS) is 11.6. The van der Waals surface area contributed by atoms with E-state index in [1.807, 2.05) is 146 Å². The molecule has 2 aromatic heterocycles. The molecule has 242 valence electrons. The summed E-state index contributed by atoms with van der Waals surface area (Å²) in [5, 5.41) is 11.3. The number of ketones is 1.